The molecule has 7 heteroatoms. The first-order valence-corrected chi connectivity index (χ1v) is 9.01. The minimum absolute atomic E-state index is 0.541. The highest BCUT2D eigenvalue weighted by atomic mass is 35.5. The van der Waals surface area contributed by atoms with Gasteiger partial charge in [0.2, 0.25) is 5.16 Å². The number of hydrogen-bond acceptors (Lipinski definition) is 5. The van der Waals surface area contributed by atoms with E-state index in [1.165, 1.54) is 16.4 Å². The molecule has 0 spiro atoms. The fourth-order valence-corrected chi connectivity index (χ4v) is 3.51. The second kappa shape index (κ2) is 6.74. The topological polar surface area (TPSA) is 69.6 Å². The van der Waals surface area contributed by atoms with Crippen LogP contribution in [0.15, 0.2) is 65.8 Å². The van der Waals surface area contributed by atoms with Crippen LogP contribution in [-0.4, -0.2) is 19.9 Å². The lowest BCUT2D eigenvalue weighted by molar-refractivity contribution is 0.849. The number of nitrogen functional groups attached to an aromatic ring is 1. The number of pyridine rings is 1. The van der Waals surface area contributed by atoms with Gasteiger partial charge in [-0.15, -0.1) is 10.2 Å². The zero-order valence-corrected chi connectivity index (χ0v) is 14.7. The van der Waals surface area contributed by atoms with Gasteiger partial charge in [0.25, 0.3) is 0 Å². The molecule has 0 aliphatic carbocycles. The third kappa shape index (κ3) is 3.18. The molecule has 124 valence electrons. The fraction of sp³-hybridized carbons (Fsp3) is 0.0556. The van der Waals surface area contributed by atoms with E-state index >= 15 is 0 Å². The van der Waals surface area contributed by atoms with Crippen molar-refractivity contribution in [2.75, 3.05) is 5.84 Å². The van der Waals surface area contributed by atoms with Crippen molar-refractivity contribution < 1.29 is 0 Å². The Kier molecular flexibility index (Phi) is 4.29. The summed E-state index contributed by atoms with van der Waals surface area (Å²) < 4.78 is 1.47. The molecule has 0 saturated heterocycles. The maximum absolute atomic E-state index is 6.21. The summed E-state index contributed by atoms with van der Waals surface area (Å²) in [6, 6.07) is 19.6. The average Bonchev–Trinajstić information content (AvgIpc) is 3.01. The summed E-state index contributed by atoms with van der Waals surface area (Å²) in [5.74, 6) is 7.35. The summed E-state index contributed by atoms with van der Waals surface area (Å²) >= 11 is 7.70. The first-order valence-electron chi connectivity index (χ1n) is 7.65. The van der Waals surface area contributed by atoms with Crippen LogP contribution < -0.4 is 5.84 Å². The molecule has 0 amide bonds. The Morgan fingerprint density at radius 1 is 0.960 bits per heavy atom. The molecule has 5 nitrogen and oxygen atoms in total. The van der Waals surface area contributed by atoms with Gasteiger partial charge >= 0.3 is 0 Å². The molecular weight excluding hydrogens is 354 g/mol. The van der Waals surface area contributed by atoms with Crippen molar-refractivity contribution in [3.63, 3.8) is 0 Å². The Bertz CT molecular complexity index is 1050. The highest BCUT2D eigenvalue weighted by Crippen LogP contribution is 2.28. The van der Waals surface area contributed by atoms with Crippen LogP contribution in [0.2, 0.25) is 5.02 Å². The number of hydrogen-bond donors (Lipinski definition) is 1. The molecule has 0 unspecified atom stereocenters. The van der Waals surface area contributed by atoms with Gasteiger partial charge in [-0.2, -0.15) is 0 Å². The Morgan fingerprint density at radius 3 is 2.64 bits per heavy atom. The van der Waals surface area contributed by atoms with Crippen LogP contribution in [0.5, 0.6) is 0 Å². The van der Waals surface area contributed by atoms with Crippen molar-refractivity contribution in [3.05, 3.63) is 71.4 Å². The number of fused-ring (bicyclic) bond motifs is 1. The Balaban J connectivity index is 1.56. The molecule has 2 heterocycles. The standard InChI is InChI=1S/C18H14ClN5S/c19-15-7-3-2-6-14(15)17-22-23-18(24(17)20)25-11-13-10-9-12-5-1-4-8-16(12)21-13/h1-10H,11,20H2. The van der Waals surface area contributed by atoms with E-state index in [1.807, 2.05) is 48.5 Å². The van der Waals surface area contributed by atoms with Crippen LogP contribution in [0, 0.1) is 0 Å². The van der Waals surface area contributed by atoms with Gasteiger partial charge in [0.05, 0.1) is 16.2 Å². The Morgan fingerprint density at radius 2 is 1.76 bits per heavy atom. The number of aromatic nitrogens is 4. The zero-order valence-electron chi connectivity index (χ0n) is 13.1. The summed E-state index contributed by atoms with van der Waals surface area (Å²) in [4.78, 5) is 4.66. The van der Waals surface area contributed by atoms with Crippen molar-refractivity contribution in [2.45, 2.75) is 10.9 Å². The molecule has 0 bridgehead atoms. The lowest BCUT2D eigenvalue weighted by atomic mass is 10.2. The van der Waals surface area contributed by atoms with Gasteiger partial charge in [-0.3, -0.25) is 4.98 Å². The highest BCUT2D eigenvalue weighted by Gasteiger charge is 2.14. The minimum atomic E-state index is 0.541. The Hall–Kier alpha value is -2.57. The second-order valence-corrected chi connectivity index (χ2v) is 6.79. The van der Waals surface area contributed by atoms with Crippen molar-refractivity contribution in [1.29, 1.82) is 0 Å². The van der Waals surface area contributed by atoms with Crippen LogP contribution in [0.25, 0.3) is 22.3 Å². The summed E-state index contributed by atoms with van der Waals surface area (Å²) in [5, 5.41) is 10.7. The smallest absolute Gasteiger partial charge is 0.210 e. The summed E-state index contributed by atoms with van der Waals surface area (Å²) in [5.41, 5.74) is 2.70. The van der Waals surface area contributed by atoms with Gasteiger partial charge in [-0.1, -0.05) is 59.8 Å². The molecule has 0 saturated carbocycles. The van der Waals surface area contributed by atoms with Crippen LogP contribution in [-0.2, 0) is 5.75 Å². The highest BCUT2D eigenvalue weighted by molar-refractivity contribution is 7.98. The van der Waals surface area contributed by atoms with Crippen molar-refractivity contribution in [1.82, 2.24) is 19.9 Å². The minimum Gasteiger partial charge on any atom is -0.335 e. The predicted octanol–water partition coefficient (Wildman–Crippen LogP) is 4.15. The maximum Gasteiger partial charge on any atom is 0.210 e. The number of para-hydroxylation sites is 1. The lowest BCUT2D eigenvalue weighted by Crippen LogP contribution is -2.11. The quantitative estimate of drug-likeness (QED) is 0.433. The molecule has 2 N–H and O–H groups in total. The monoisotopic (exact) mass is 367 g/mol. The van der Waals surface area contributed by atoms with Gasteiger partial charge in [0, 0.05) is 16.7 Å². The lowest BCUT2D eigenvalue weighted by Gasteiger charge is -2.05. The van der Waals surface area contributed by atoms with Crippen LogP contribution in [0.3, 0.4) is 0 Å². The van der Waals surface area contributed by atoms with E-state index in [1.54, 1.807) is 6.07 Å². The van der Waals surface area contributed by atoms with E-state index in [0.29, 0.717) is 21.8 Å². The molecule has 4 aromatic rings. The molecule has 0 radical (unpaired) electrons. The molecule has 0 aliphatic heterocycles. The summed E-state index contributed by atoms with van der Waals surface area (Å²) in [6.07, 6.45) is 0. The van der Waals surface area contributed by atoms with Crippen LogP contribution in [0.4, 0.5) is 0 Å². The largest absolute Gasteiger partial charge is 0.335 e. The molecular formula is C18H14ClN5S. The van der Waals surface area contributed by atoms with E-state index in [-0.39, 0.29) is 0 Å². The third-order valence-corrected chi connectivity index (χ3v) is 5.09. The molecule has 0 aliphatic rings. The van der Waals surface area contributed by atoms with E-state index < -0.39 is 0 Å². The maximum atomic E-state index is 6.21. The molecule has 0 fully saturated rings. The van der Waals surface area contributed by atoms with Gasteiger partial charge < -0.3 is 5.84 Å². The number of nitrogens with zero attached hydrogens (tertiary/aromatic N) is 4. The second-order valence-electron chi connectivity index (χ2n) is 5.44. The first-order chi connectivity index (χ1) is 12.2. The van der Waals surface area contributed by atoms with Gasteiger partial charge in [-0.25, -0.2) is 4.68 Å². The molecule has 0 atom stereocenters. The number of halogens is 1. The SMILES string of the molecule is Nn1c(SCc2ccc3ccccc3n2)nnc1-c1ccccc1Cl. The van der Waals surface area contributed by atoms with E-state index in [0.717, 1.165) is 22.2 Å². The average molecular weight is 368 g/mol. The summed E-state index contributed by atoms with van der Waals surface area (Å²) in [7, 11) is 0. The first kappa shape index (κ1) is 15.9. The molecule has 2 aromatic carbocycles. The fourth-order valence-electron chi connectivity index (χ4n) is 2.53. The molecule has 4 rings (SSSR count). The third-order valence-electron chi connectivity index (χ3n) is 3.78. The van der Waals surface area contributed by atoms with E-state index in [2.05, 4.69) is 21.2 Å². The van der Waals surface area contributed by atoms with E-state index in [9.17, 15) is 0 Å². The number of nitrogens with two attached hydrogens (primary N) is 1. The van der Waals surface area contributed by atoms with Crippen molar-refractivity contribution in [3.8, 4) is 11.4 Å². The molecule has 25 heavy (non-hydrogen) atoms. The number of benzene rings is 2. The van der Waals surface area contributed by atoms with Crippen molar-refractivity contribution >= 4 is 34.3 Å². The van der Waals surface area contributed by atoms with Crippen molar-refractivity contribution in [2.24, 2.45) is 0 Å². The zero-order chi connectivity index (χ0) is 17.2. The number of thioether (sulfide) groups is 1. The van der Waals surface area contributed by atoms with Crippen LogP contribution in [0.1, 0.15) is 5.69 Å². The van der Waals surface area contributed by atoms with E-state index in [4.69, 9.17) is 17.4 Å². The van der Waals surface area contributed by atoms with Gasteiger partial charge in [0.1, 0.15) is 0 Å². The molecule has 2 aromatic heterocycles. The Labute approximate surface area is 153 Å². The van der Waals surface area contributed by atoms with Crippen LogP contribution >= 0.6 is 23.4 Å². The van der Waals surface area contributed by atoms with Gasteiger partial charge in [-0.05, 0) is 24.3 Å². The number of rotatable bonds is 4. The van der Waals surface area contributed by atoms with Gasteiger partial charge in [0.15, 0.2) is 5.82 Å². The predicted molar refractivity (Wildman–Crippen MR) is 102 cm³/mol. The normalized spacial score (nSPS) is 11.1. The summed E-state index contributed by atoms with van der Waals surface area (Å²) in [6.45, 7) is 0.